The molecule has 110 valence electrons. The average Bonchev–Trinajstić information content (AvgIpc) is 2.93. The van der Waals surface area contributed by atoms with Crippen molar-refractivity contribution in [3.8, 4) is 0 Å². The number of carbonyl (C=O) groups is 1. The molecule has 0 radical (unpaired) electrons. The lowest BCUT2D eigenvalue weighted by atomic mass is 10.2. The number of rotatable bonds is 6. The molecule has 1 amide bonds. The molecule has 1 aromatic carbocycles. The van der Waals surface area contributed by atoms with Gasteiger partial charge in [0.25, 0.3) is 0 Å². The zero-order chi connectivity index (χ0) is 15.2. The normalized spacial score (nSPS) is 10.3. The van der Waals surface area contributed by atoms with Crippen molar-refractivity contribution in [1.29, 1.82) is 0 Å². The van der Waals surface area contributed by atoms with Crippen LogP contribution in [0.1, 0.15) is 5.56 Å². The van der Waals surface area contributed by atoms with Gasteiger partial charge in [0, 0.05) is 6.54 Å². The molecule has 1 N–H and O–H groups in total. The lowest BCUT2D eigenvalue weighted by Crippen LogP contribution is -2.24. The van der Waals surface area contributed by atoms with Gasteiger partial charge in [0.15, 0.2) is 0 Å². The van der Waals surface area contributed by atoms with Crippen molar-refractivity contribution in [3.63, 3.8) is 0 Å². The largest absolute Gasteiger partial charge is 0.351 e. The van der Waals surface area contributed by atoms with Gasteiger partial charge in [-0.2, -0.15) is 0 Å². The summed E-state index contributed by atoms with van der Waals surface area (Å²) >= 11 is 2.16. The maximum absolute atomic E-state index is 12.7. The van der Waals surface area contributed by atoms with Crippen LogP contribution in [-0.2, 0) is 11.3 Å². The van der Waals surface area contributed by atoms with Gasteiger partial charge in [-0.05, 0) is 29.1 Å². The summed E-state index contributed by atoms with van der Waals surface area (Å²) in [5.41, 5.74) is 0.788. The lowest BCUT2D eigenvalue weighted by molar-refractivity contribution is -0.382. The van der Waals surface area contributed by atoms with Gasteiger partial charge in [-0.3, -0.25) is 14.9 Å². The van der Waals surface area contributed by atoms with Crippen molar-refractivity contribution in [1.82, 2.24) is 5.32 Å². The van der Waals surface area contributed by atoms with Gasteiger partial charge in [0.2, 0.25) is 5.91 Å². The number of nitro groups is 1. The van der Waals surface area contributed by atoms with Gasteiger partial charge in [0.05, 0.1) is 15.6 Å². The Morgan fingerprint density at radius 3 is 2.71 bits per heavy atom. The predicted molar refractivity (Wildman–Crippen MR) is 79.9 cm³/mol. The second kappa shape index (κ2) is 7.19. The van der Waals surface area contributed by atoms with Gasteiger partial charge in [-0.1, -0.05) is 23.5 Å². The number of benzene rings is 1. The van der Waals surface area contributed by atoms with Gasteiger partial charge < -0.3 is 5.32 Å². The van der Waals surface area contributed by atoms with Crippen molar-refractivity contribution in [2.75, 3.05) is 5.75 Å². The molecule has 5 nitrogen and oxygen atoms in total. The van der Waals surface area contributed by atoms with Crippen LogP contribution in [-0.4, -0.2) is 16.6 Å². The highest BCUT2D eigenvalue weighted by Crippen LogP contribution is 2.33. The molecule has 2 aromatic rings. The van der Waals surface area contributed by atoms with Crippen LogP contribution in [0.2, 0.25) is 0 Å². The third kappa shape index (κ3) is 4.54. The Bertz CT molecular complexity index is 643. The second-order valence-corrected chi connectivity index (χ2v) is 5.95. The first-order valence-corrected chi connectivity index (χ1v) is 7.78. The maximum Gasteiger partial charge on any atom is 0.337 e. The average molecular weight is 326 g/mol. The van der Waals surface area contributed by atoms with Gasteiger partial charge in [-0.25, -0.2) is 4.39 Å². The highest BCUT2D eigenvalue weighted by atomic mass is 32.2. The fraction of sp³-hybridized carbons (Fsp3) is 0.154. The minimum atomic E-state index is -0.455. The zero-order valence-corrected chi connectivity index (χ0v) is 12.4. The molecule has 0 saturated carbocycles. The zero-order valence-electron chi connectivity index (χ0n) is 10.7. The van der Waals surface area contributed by atoms with E-state index in [9.17, 15) is 19.3 Å². The van der Waals surface area contributed by atoms with E-state index in [0.717, 1.165) is 28.7 Å². The van der Waals surface area contributed by atoms with Crippen molar-refractivity contribution in [2.24, 2.45) is 0 Å². The second-order valence-electron chi connectivity index (χ2n) is 4.04. The van der Waals surface area contributed by atoms with Crippen molar-refractivity contribution < 1.29 is 14.1 Å². The summed E-state index contributed by atoms with van der Waals surface area (Å²) in [5, 5.41) is 15.1. The van der Waals surface area contributed by atoms with Gasteiger partial charge >= 0.3 is 5.00 Å². The first-order valence-electron chi connectivity index (χ1n) is 5.92. The minimum Gasteiger partial charge on any atom is -0.351 e. The number of nitrogens with zero attached hydrogens (tertiary/aromatic N) is 1. The first-order chi connectivity index (χ1) is 10.1. The van der Waals surface area contributed by atoms with Gasteiger partial charge in [0.1, 0.15) is 5.82 Å². The molecule has 0 bridgehead atoms. The SMILES string of the molecule is O=C(CSc1ccsc1[N+](=O)[O-])NCc1ccc(F)cc1. The lowest BCUT2D eigenvalue weighted by Gasteiger charge is -2.04. The first kappa shape index (κ1) is 15.5. The molecule has 0 saturated heterocycles. The molecule has 21 heavy (non-hydrogen) atoms. The Balaban J connectivity index is 1.81. The van der Waals surface area contributed by atoms with Crippen LogP contribution < -0.4 is 5.32 Å². The number of amides is 1. The van der Waals surface area contributed by atoms with E-state index in [1.807, 2.05) is 0 Å². The Kier molecular flexibility index (Phi) is 5.29. The molecule has 0 spiro atoms. The van der Waals surface area contributed by atoms with Crippen LogP contribution in [0.3, 0.4) is 0 Å². The summed E-state index contributed by atoms with van der Waals surface area (Å²) in [5.74, 6) is -0.464. The quantitative estimate of drug-likeness (QED) is 0.503. The van der Waals surface area contributed by atoms with Crippen LogP contribution in [0.4, 0.5) is 9.39 Å². The van der Waals surface area contributed by atoms with Crippen LogP contribution in [0.15, 0.2) is 40.6 Å². The summed E-state index contributed by atoms with van der Waals surface area (Å²) in [6, 6.07) is 7.45. The fourth-order valence-corrected chi connectivity index (χ4v) is 3.29. The molecule has 0 fully saturated rings. The molecule has 0 aliphatic heterocycles. The number of hydrogen-bond acceptors (Lipinski definition) is 5. The smallest absolute Gasteiger partial charge is 0.337 e. The Labute approximate surface area is 128 Å². The molecule has 1 aromatic heterocycles. The molecular weight excluding hydrogens is 315 g/mol. The van der Waals surface area contributed by atoms with E-state index in [0.29, 0.717) is 11.4 Å². The Hall–Kier alpha value is -1.93. The summed E-state index contributed by atoms with van der Waals surface area (Å²) in [7, 11) is 0. The number of nitrogens with one attached hydrogen (secondary N) is 1. The van der Waals surface area contributed by atoms with Crippen molar-refractivity contribution in [3.05, 3.63) is 57.2 Å². The molecule has 1 heterocycles. The topological polar surface area (TPSA) is 72.2 Å². The van der Waals surface area contributed by atoms with Crippen molar-refractivity contribution >= 4 is 34.0 Å². The van der Waals surface area contributed by atoms with E-state index in [2.05, 4.69) is 5.32 Å². The summed E-state index contributed by atoms with van der Waals surface area (Å²) < 4.78 is 12.7. The maximum atomic E-state index is 12.7. The van der Waals surface area contributed by atoms with E-state index < -0.39 is 4.92 Å². The van der Waals surface area contributed by atoms with Gasteiger partial charge in [-0.15, -0.1) is 11.8 Å². The molecular formula is C13H11FN2O3S2. The number of hydrogen-bond donors (Lipinski definition) is 1. The molecule has 0 aliphatic carbocycles. The van der Waals surface area contributed by atoms with E-state index in [-0.39, 0.29) is 22.5 Å². The van der Waals surface area contributed by atoms with E-state index in [1.165, 1.54) is 12.1 Å². The fourth-order valence-electron chi connectivity index (χ4n) is 1.53. The Morgan fingerprint density at radius 2 is 2.05 bits per heavy atom. The van der Waals surface area contributed by atoms with Crippen LogP contribution in [0, 0.1) is 15.9 Å². The monoisotopic (exact) mass is 326 g/mol. The summed E-state index contributed by atoms with van der Waals surface area (Å²) in [4.78, 5) is 22.5. The highest BCUT2D eigenvalue weighted by molar-refractivity contribution is 8.00. The minimum absolute atomic E-state index is 0.0475. The molecule has 0 atom stereocenters. The summed E-state index contributed by atoms with van der Waals surface area (Å²) in [6.07, 6.45) is 0. The van der Waals surface area contributed by atoms with E-state index in [4.69, 9.17) is 0 Å². The van der Waals surface area contributed by atoms with Crippen molar-refractivity contribution in [2.45, 2.75) is 11.4 Å². The molecule has 0 unspecified atom stereocenters. The number of thioether (sulfide) groups is 1. The number of thiophene rings is 1. The number of halogens is 1. The standard InChI is InChI=1S/C13H11FN2O3S2/c14-10-3-1-9(2-4-10)7-15-12(17)8-21-11-5-6-20-13(11)16(18)19/h1-6H,7-8H2,(H,15,17). The highest BCUT2D eigenvalue weighted by Gasteiger charge is 2.16. The van der Waals surface area contributed by atoms with E-state index >= 15 is 0 Å². The van der Waals surface area contributed by atoms with Crippen LogP contribution >= 0.6 is 23.1 Å². The van der Waals surface area contributed by atoms with Crippen LogP contribution in [0.5, 0.6) is 0 Å². The number of carbonyl (C=O) groups excluding carboxylic acids is 1. The molecule has 2 rings (SSSR count). The molecule has 8 heteroatoms. The van der Waals surface area contributed by atoms with E-state index in [1.54, 1.807) is 23.6 Å². The van der Waals surface area contributed by atoms with Crippen LogP contribution in [0.25, 0.3) is 0 Å². The predicted octanol–water partition coefficient (Wildman–Crippen LogP) is 3.20. The summed E-state index contributed by atoms with van der Waals surface area (Å²) in [6.45, 7) is 0.297. The molecule has 0 aliphatic rings. The Morgan fingerprint density at radius 1 is 1.33 bits per heavy atom. The third-order valence-corrected chi connectivity index (χ3v) is 4.58. The third-order valence-electron chi connectivity index (χ3n) is 2.54.